The highest BCUT2D eigenvalue weighted by atomic mass is 32.2. The number of ether oxygens (including phenoxy) is 1. The van der Waals surface area contributed by atoms with Crippen LogP contribution in [0.15, 0.2) is 41.8 Å². The Bertz CT molecular complexity index is 847. The number of morpholine rings is 1. The van der Waals surface area contributed by atoms with Crippen molar-refractivity contribution in [3.63, 3.8) is 0 Å². The zero-order chi connectivity index (χ0) is 19.3. The maximum Gasteiger partial charge on any atom is 0.269 e. The number of nitro benzene ring substituents is 1. The fraction of sp³-hybridized carbons (Fsp3) is 0.412. The Morgan fingerprint density at radius 1 is 1.22 bits per heavy atom. The predicted molar refractivity (Wildman–Crippen MR) is 103 cm³/mol. The topological polar surface area (TPSA) is 102 Å². The minimum absolute atomic E-state index is 0.0412. The Morgan fingerprint density at radius 2 is 1.93 bits per heavy atom. The Hall–Kier alpha value is -1.85. The number of sulfonamides is 1. The van der Waals surface area contributed by atoms with Gasteiger partial charge in [-0.15, -0.1) is 11.3 Å². The molecule has 1 aromatic heterocycles. The number of benzene rings is 1. The van der Waals surface area contributed by atoms with Crippen molar-refractivity contribution in [1.29, 1.82) is 0 Å². The smallest absolute Gasteiger partial charge is 0.269 e. The summed E-state index contributed by atoms with van der Waals surface area (Å²) in [5, 5.41) is 12.7. The van der Waals surface area contributed by atoms with Gasteiger partial charge in [0, 0.05) is 36.6 Å². The molecule has 2 aromatic rings. The molecular weight excluding hydrogens is 390 g/mol. The number of nitrogens with zero attached hydrogens (tertiary/aromatic N) is 2. The third-order valence-corrected chi connectivity index (χ3v) is 6.65. The first kappa shape index (κ1) is 19.9. The van der Waals surface area contributed by atoms with Crippen LogP contribution in [0.3, 0.4) is 0 Å². The molecule has 27 heavy (non-hydrogen) atoms. The van der Waals surface area contributed by atoms with E-state index in [2.05, 4.69) is 9.62 Å². The van der Waals surface area contributed by atoms with Crippen LogP contribution in [0.5, 0.6) is 0 Å². The van der Waals surface area contributed by atoms with Crippen LogP contribution < -0.4 is 4.72 Å². The average Bonchev–Trinajstić information content (AvgIpc) is 3.17. The molecule has 8 nitrogen and oxygen atoms in total. The third-order valence-electron chi connectivity index (χ3n) is 4.36. The monoisotopic (exact) mass is 411 g/mol. The molecule has 0 saturated carbocycles. The zero-order valence-electron chi connectivity index (χ0n) is 14.6. The fourth-order valence-electron chi connectivity index (χ4n) is 2.97. The molecule has 0 bridgehead atoms. The molecule has 1 N–H and O–H groups in total. The van der Waals surface area contributed by atoms with Gasteiger partial charge >= 0.3 is 0 Å². The molecule has 1 aromatic carbocycles. The summed E-state index contributed by atoms with van der Waals surface area (Å²) >= 11 is 1.60. The quantitative estimate of drug-likeness (QED) is 0.528. The van der Waals surface area contributed by atoms with Gasteiger partial charge in [0.1, 0.15) is 0 Å². The van der Waals surface area contributed by atoms with E-state index in [1.165, 1.54) is 24.3 Å². The largest absolute Gasteiger partial charge is 0.379 e. The Balaban J connectivity index is 1.65. The van der Waals surface area contributed by atoms with E-state index in [1.54, 1.807) is 11.3 Å². The van der Waals surface area contributed by atoms with Gasteiger partial charge in [-0.3, -0.25) is 15.0 Å². The molecule has 1 aliphatic heterocycles. The lowest BCUT2D eigenvalue weighted by Gasteiger charge is -2.34. The molecule has 1 fully saturated rings. The summed E-state index contributed by atoms with van der Waals surface area (Å²) < 4.78 is 33.1. The number of rotatable bonds is 8. The van der Waals surface area contributed by atoms with Gasteiger partial charge in [-0.1, -0.05) is 18.2 Å². The number of nitrogens with one attached hydrogen (secondary N) is 1. The van der Waals surface area contributed by atoms with Gasteiger partial charge in [0.05, 0.1) is 29.9 Å². The highest BCUT2D eigenvalue weighted by Crippen LogP contribution is 2.25. The maximum atomic E-state index is 12.5. The van der Waals surface area contributed by atoms with E-state index in [9.17, 15) is 18.5 Å². The van der Waals surface area contributed by atoms with E-state index < -0.39 is 14.9 Å². The van der Waals surface area contributed by atoms with Gasteiger partial charge in [-0.05, 0) is 17.0 Å². The molecule has 0 spiro atoms. The summed E-state index contributed by atoms with van der Waals surface area (Å²) in [6, 6.07) is 9.49. The zero-order valence-corrected chi connectivity index (χ0v) is 16.2. The van der Waals surface area contributed by atoms with Crippen molar-refractivity contribution in [2.24, 2.45) is 0 Å². The number of non-ortho nitro benzene ring substituents is 1. The van der Waals surface area contributed by atoms with E-state index in [0.717, 1.165) is 18.0 Å². The second kappa shape index (κ2) is 8.89. The minimum Gasteiger partial charge on any atom is -0.379 e. The van der Waals surface area contributed by atoms with Crippen LogP contribution in [-0.2, 0) is 20.5 Å². The van der Waals surface area contributed by atoms with Gasteiger partial charge in [0.15, 0.2) is 0 Å². The Kier molecular flexibility index (Phi) is 6.55. The first-order valence-corrected chi connectivity index (χ1v) is 11.0. The molecule has 0 radical (unpaired) electrons. The summed E-state index contributed by atoms with van der Waals surface area (Å²) in [5.41, 5.74) is 0.446. The summed E-state index contributed by atoms with van der Waals surface area (Å²) in [5.74, 6) is -0.217. The Morgan fingerprint density at radius 3 is 2.52 bits per heavy atom. The van der Waals surface area contributed by atoms with Gasteiger partial charge in [-0.25, -0.2) is 13.1 Å². The van der Waals surface area contributed by atoms with Gasteiger partial charge in [-0.2, -0.15) is 0 Å². The number of thiophene rings is 1. The van der Waals surface area contributed by atoms with E-state index in [-0.39, 0.29) is 24.0 Å². The van der Waals surface area contributed by atoms with Crippen LogP contribution in [0.25, 0.3) is 0 Å². The van der Waals surface area contributed by atoms with Crippen molar-refractivity contribution in [2.45, 2.75) is 11.8 Å². The van der Waals surface area contributed by atoms with E-state index >= 15 is 0 Å². The highest BCUT2D eigenvalue weighted by Gasteiger charge is 2.25. The molecule has 2 heterocycles. The molecule has 1 unspecified atom stereocenters. The predicted octanol–water partition coefficient (Wildman–Crippen LogP) is 2.15. The highest BCUT2D eigenvalue weighted by molar-refractivity contribution is 7.88. The van der Waals surface area contributed by atoms with Crippen LogP contribution in [0.2, 0.25) is 0 Å². The molecule has 1 atom stereocenters. The molecular formula is C17H21N3O5S2. The van der Waals surface area contributed by atoms with Crippen molar-refractivity contribution in [3.05, 3.63) is 62.3 Å². The van der Waals surface area contributed by atoms with Crippen molar-refractivity contribution < 1.29 is 18.1 Å². The SMILES string of the molecule is O=[N+]([O-])c1ccc(CS(=O)(=O)NCC(c2cccs2)N2CCOCC2)cc1. The third kappa shape index (κ3) is 5.56. The first-order chi connectivity index (χ1) is 12.9. The maximum absolute atomic E-state index is 12.5. The van der Waals surface area contributed by atoms with Crippen molar-refractivity contribution in [2.75, 3.05) is 32.8 Å². The van der Waals surface area contributed by atoms with Gasteiger partial charge < -0.3 is 4.74 Å². The molecule has 0 amide bonds. The molecule has 146 valence electrons. The van der Waals surface area contributed by atoms with E-state index in [4.69, 9.17) is 4.74 Å². The summed E-state index contributed by atoms with van der Waals surface area (Å²) in [4.78, 5) is 13.5. The molecule has 1 aliphatic rings. The lowest BCUT2D eigenvalue weighted by Crippen LogP contribution is -2.43. The van der Waals surface area contributed by atoms with Crippen LogP contribution in [-0.4, -0.2) is 51.1 Å². The lowest BCUT2D eigenvalue weighted by atomic mass is 10.2. The van der Waals surface area contributed by atoms with Crippen LogP contribution >= 0.6 is 11.3 Å². The van der Waals surface area contributed by atoms with Crippen LogP contribution in [0.1, 0.15) is 16.5 Å². The van der Waals surface area contributed by atoms with Crippen molar-refractivity contribution in [3.8, 4) is 0 Å². The second-order valence-corrected chi connectivity index (χ2v) is 9.00. The van der Waals surface area contributed by atoms with Gasteiger partial charge in [0.2, 0.25) is 10.0 Å². The Labute approximate surface area is 162 Å². The van der Waals surface area contributed by atoms with E-state index in [0.29, 0.717) is 18.8 Å². The van der Waals surface area contributed by atoms with Crippen molar-refractivity contribution in [1.82, 2.24) is 9.62 Å². The fourth-order valence-corrected chi connectivity index (χ4v) is 4.98. The summed E-state index contributed by atoms with van der Waals surface area (Å²) in [6.07, 6.45) is 0. The first-order valence-electron chi connectivity index (χ1n) is 8.50. The van der Waals surface area contributed by atoms with Crippen LogP contribution in [0, 0.1) is 10.1 Å². The average molecular weight is 412 g/mol. The van der Waals surface area contributed by atoms with Crippen LogP contribution in [0.4, 0.5) is 5.69 Å². The molecule has 1 saturated heterocycles. The number of hydrogen-bond acceptors (Lipinski definition) is 7. The number of nitro groups is 1. The summed E-state index contributed by atoms with van der Waals surface area (Å²) in [7, 11) is -3.57. The second-order valence-electron chi connectivity index (χ2n) is 6.21. The lowest BCUT2D eigenvalue weighted by molar-refractivity contribution is -0.384. The normalized spacial score (nSPS) is 16.9. The minimum atomic E-state index is -3.57. The number of hydrogen-bond donors (Lipinski definition) is 1. The molecule has 3 rings (SSSR count). The van der Waals surface area contributed by atoms with E-state index in [1.807, 2.05) is 17.5 Å². The van der Waals surface area contributed by atoms with Gasteiger partial charge in [0.25, 0.3) is 5.69 Å². The molecule has 0 aliphatic carbocycles. The standard InChI is InChI=1S/C17H21N3O5S2/c21-20(22)15-5-3-14(4-6-15)13-27(23,24)18-12-16(17-2-1-11-26-17)19-7-9-25-10-8-19/h1-6,11,16,18H,7-10,12-13H2. The molecule has 10 heteroatoms. The summed E-state index contributed by atoms with van der Waals surface area (Å²) in [6.45, 7) is 3.06. The van der Waals surface area contributed by atoms with Crippen molar-refractivity contribution >= 4 is 27.0 Å².